The van der Waals surface area contributed by atoms with E-state index >= 15 is 0 Å². The van der Waals surface area contributed by atoms with Gasteiger partial charge in [0.15, 0.2) is 0 Å². The maximum absolute atomic E-state index is 11.7. The van der Waals surface area contributed by atoms with Gasteiger partial charge in [0, 0.05) is 18.4 Å². The molecule has 0 aliphatic carbocycles. The molecule has 2 N–H and O–H groups in total. The summed E-state index contributed by atoms with van der Waals surface area (Å²) in [5.41, 5.74) is 1.18. The number of furan rings is 1. The van der Waals surface area contributed by atoms with Gasteiger partial charge in [-0.05, 0) is 24.3 Å². The second kappa shape index (κ2) is 6.39. The molecule has 5 heteroatoms. The molecule has 1 amide bonds. The van der Waals surface area contributed by atoms with Crippen LogP contribution in [0.2, 0.25) is 0 Å². The molecule has 98 valence electrons. The van der Waals surface area contributed by atoms with Crippen molar-refractivity contribution in [2.45, 2.75) is 6.54 Å². The van der Waals surface area contributed by atoms with Gasteiger partial charge < -0.3 is 15.1 Å². The van der Waals surface area contributed by atoms with Crippen molar-refractivity contribution in [2.75, 3.05) is 11.9 Å². The van der Waals surface area contributed by atoms with Gasteiger partial charge in [-0.1, -0.05) is 6.08 Å². The topological polar surface area (TPSA) is 67.2 Å². The van der Waals surface area contributed by atoms with Crippen LogP contribution in [-0.2, 0) is 6.54 Å². The van der Waals surface area contributed by atoms with E-state index < -0.39 is 0 Å². The van der Waals surface area contributed by atoms with E-state index in [4.69, 9.17) is 4.42 Å². The average molecular weight is 257 g/mol. The van der Waals surface area contributed by atoms with E-state index in [0.717, 1.165) is 11.4 Å². The van der Waals surface area contributed by atoms with Gasteiger partial charge in [0.2, 0.25) is 0 Å². The normalized spacial score (nSPS) is 9.89. The number of amides is 1. The minimum absolute atomic E-state index is 0.221. The van der Waals surface area contributed by atoms with Gasteiger partial charge >= 0.3 is 0 Å². The molecule has 0 aliphatic rings. The third kappa shape index (κ3) is 3.70. The fourth-order valence-corrected chi connectivity index (χ4v) is 1.52. The first kappa shape index (κ1) is 12.9. The molecule has 0 radical (unpaired) electrons. The van der Waals surface area contributed by atoms with Crippen LogP contribution >= 0.6 is 0 Å². The zero-order chi connectivity index (χ0) is 13.5. The number of hydrogen-bond donors (Lipinski definition) is 2. The van der Waals surface area contributed by atoms with Gasteiger partial charge in [-0.2, -0.15) is 0 Å². The fraction of sp³-hybridized carbons (Fsp3) is 0.143. The third-order valence-corrected chi connectivity index (χ3v) is 2.45. The Bertz CT molecular complexity index is 550. The highest BCUT2D eigenvalue weighted by Gasteiger charge is 2.06. The van der Waals surface area contributed by atoms with Crippen LogP contribution in [0.5, 0.6) is 0 Å². The van der Waals surface area contributed by atoms with Gasteiger partial charge in [0.05, 0.1) is 12.8 Å². The van der Waals surface area contributed by atoms with Crippen molar-refractivity contribution in [1.29, 1.82) is 0 Å². The van der Waals surface area contributed by atoms with E-state index in [0.29, 0.717) is 18.8 Å². The van der Waals surface area contributed by atoms with Crippen molar-refractivity contribution in [1.82, 2.24) is 10.3 Å². The lowest BCUT2D eigenvalue weighted by Crippen LogP contribution is -2.24. The van der Waals surface area contributed by atoms with E-state index in [2.05, 4.69) is 22.2 Å². The largest absolute Gasteiger partial charge is 0.467 e. The van der Waals surface area contributed by atoms with E-state index in [-0.39, 0.29) is 5.91 Å². The van der Waals surface area contributed by atoms with Gasteiger partial charge in [-0.25, -0.2) is 0 Å². The molecular formula is C14H15N3O2. The molecule has 0 unspecified atom stereocenters. The molecule has 2 aromatic rings. The number of nitrogens with one attached hydrogen (secondary N) is 2. The SMILES string of the molecule is C=CCNC(=O)c1cc(NCc2ccco2)ccn1. The van der Waals surface area contributed by atoms with Crippen molar-refractivity contribution in [3.8, 4) is 0 Å². The van der Waals surface area contributed by atoms with Gasteiger partial charge in [0.1, 0.15) is 11.5 Å². The lowest BCUT2D eigenvalue weighted by Gasteiger charge is -2.06. The third-order valence-electron chi connectivity index (χ3n) is 2.45. The van der Waals surface area contributed by atoms with Crippen LogP contribution in [-0.4, -0.2) is 17.4 Å². The number of carbonyl (C=O) groups is 1. The highest BCUT2D eigenvalue weighted by molar-refractivity contribution is 5.93. The summed E-state index contributed by atoms with van der Waals surface area (Å²) in [4.78, 5) is 15.7. The van der Waals surface area contributed by atoms with Crippen molar-refractivity contribution in [3.05, 3.63) is 60.8 Å². The van der Waals surface area contributed by atoms with Crippen LogP contribution in [0.4, 0.5) is 5.69 Å². The van der Waals surface area contributed by atoms with Crippen molar-refractivity contribution in [2.24, 2.45) is 0 Å². The summed E-state index contributed by atoms with van der Waals surface area (Å²) in [6.45, 7) is 4.53. The number of rotatable bonds is 6. The van der Waals surface area contributed by atoms with E-state index in [1.54, 1.807) is 30.7 Å². The summed E-state index contributed by atoms with van der Waals surface area (Å²) in [5, 5.41) is 5.84. The number of nitrogens with zero attached hydrogens (tertiary/aromatic N) is 1. The Morgan fingerprint density at radius 1 is 1.47 bits per heavy atom. The average Bonchev–Trinajstić information content (AvgIpc) is 2.96. The summed E-state index contributed by atoms with van der Waals surface area (Å²) < 4.78 is 5.22. The zero-order valence-corrected chi connectivity index (χ0v) is 10.4. The smallest absolute Gasteiger partial charge is 0.270 e. The molecule has 2 rings (SSSR count). The summed E-state index contributed by atoms with van der Waals surface area (Å²) >= 11 is 0. The highest BCUT2D eigenvalue weighted by atomic mass is 16.3. The predicted molar refractivity (Wildman–Crippen MR) is 72.8 cm³/mol. The molecule has 0 saturated heterocycles. The number of aromatic nitrogens is 1. The Balaban J connectivity index is 1.98. The lowest BCUT2D eigenvalue weighted by molar-refractivity contribution is 0.0953. The Labute approximate surface area is 111 Å². The molecule has 0 atom stereocenters. The minimum atomic E-state index is -0.221. The number of pyridine rings is 1. The van der Waals surface area contributed by atoms with Crippen LogP contribution in [0.25, 0.3) is 0 Å². The Hall–Kier alpha value is -2.56. The Kier molecular flexibility index (Phi) is 4.34. The quantitative estimate of drug-likeness (QED) is 0.778. The lowest BCUT2D eigenvalue weighted by atomic mass is 10.3. The monoisotopic (exact) mass is 257 g/mol. The van der Waals surface area contributed by atoms with Crippen LogP contribution in [0, 0.1) is 0 Å². The van der Waals surface area contributed by atoms with Gasteiger partial charge in [0.25, 0.3) is 5.91 Å². The van der Waals surface area contributed by atoms with Crippen molar-refractivity contribution >= 4 is 11.6 Å². The highest BCUT2D eigenvalue weighted by Crippen LogP contribution is 2.10. The molecule has 0 fully saturated rings. The van der Waals surface area contributed by atoms with Gasteiger partial charge in [-0.3, -0.25) is 9.78 Å². The molecule has 0 saturated carbocycles. The number of carbonyl (C=O) groups excluding carboxylic acids is 1. The summed E-state index contributed by atoms with van der Waals surface area (Å²) in [6.07, 6.45) is 4.84. The van der Waals surface area contributed by atoms with Crippen LogP contribution in [0.1, 0.15) is 16.2 Å². The first-order valence-corrected chi connectivity index (χ1v) is 5.91. The van der Waals surface area contributed by atoms with Crippen LogP contribution < -0.4 is 10.6 Å². The van der Waals surface area contributed by atoms with E-state index in [1.807, 2.05) is 12.1 Å². The Morgan fingerprint density at radius 2 is 2.37 bits per heavy atom. The molecule has 5 nitrogen and oxygen atoms in total. The van der Waals surface area contributed by atoms with Crippen molar-refractivity contribution in [3.63, 3.8) is 0 Å². The van der Waals surface area contributed by atoms with Crippen molar-refractivity contribution < 1.29 is 9.21 Å². The molecular weight excluding hydrogens is 242 g/mol. The molecule has 0 spiro atoms. The zero-order valence-electron chi connectivity index (χ0n) is 10.4. The maximum Gasteiger partial charge on any atom is 0.270 e. The molecule has 0 bridgehead atoms. The van der Waals surface area contributed by atoms with E-state index in [9.17, 15) is 4.79 Å². The summed E-state index contributed by atoms with van der Waals surface area (Å²) in [7, 11) is 0. The number of hydrogen-bond acceptors (Lipinski definition) is 4. The first-order valence-electron chi connectivity index (χ1n) is 5.91. The molecule has 2 heterocycles. The van der Waals surface area contributed by atoms with Crippen LogP contribution in [0.3, 0.4) is 0 Å². The molecule has 0 aliphatic heterocycles. The second-order valence-corrected chi connectivity index (χ2v) is 3.86. The van der Waals surface area contributed by atoms with E-state index in [1.165, 1.54) is 0 Å². The first-order chi connectivity index (χ1) is 9.29. The molecule has 0 aromatic carbocycles. The summed E-state index contributed by atoms with van der Waals surface area (Å²) in [6, 6.07) is 7.21. The number of anilines is 1. The summed E-state index contributed by atoms with van der Waals surface area (Å²) in [5.74, 6) is 0.607. The van der Waals surface area contributed by atoms with Crippen LogP contribution in [0.15, 0.2) is 53.8 Å². The minimum Gasteiger partial charge on any atom is -0.467 e. The maximum atomic E-state index is 11.7. The Morgan fingerprint density at radius 3 is 3.11 bits per heavy atom. The fourth-order valence-electron chi connectivity index (χ4n) is 1.52. The van der Waals surface area contributed by atoms with Gasteiger partial charge in [-0.15, -0.1) is 6.58 Å². The molecule has 19 heavy (non-hydrogen) atoms. The second-order valence-electron chi connectivity index (χ2n) is 3.86. The standard InChI is InChI=1S/C14H15N3O2/c1-2-6-16-14(18)13-9-11(5-7-15-13)17-10-12-4-3-8-19-12/h2-5,7-9H,1,6,10H2,(H,15,17)(H,16,18). The predicted octanol–water partition coefficient (Wildman–Crippen LogP) is 2.20. The molecule has 2 aromatic heterocycles.